The molecule has 3 N–H and O–H groups in total. The Hall–Kier alpha value is -0.980. The molecule has 0 heterocycles. The van der Waals surface area contributed by atoms with Crippen molar-refractivity contribution in [2.24, 2.45) is 16.6 Å². The summed E-state index contributed by atoms with van der Waals surface area (Å²) < 4.78 is 5.67. The standard InChI is InChI=1S/C17H29N3O.HI/c1-4-5-11-19-17(18)20-12-10-15-6-8-16(9-7-15)21-13-14(2)3;/h6-9,14H,4-5,10-13H2,1-3H3,(H3,18,19,20);1H. The van der Waals surface area contributed by atoms with Gasteiger partial charge >= 0.3 is 0 Å². The molecule has 0 atom stereocenters. The van der Waals surface area contributed by atoms with Crippen LogP contribution < -0.4 is 15.8 Å². The van der Waals surface area contributed by atoms with Crippen LogP contribution in [-0.4, -0.2) is 25.7 Å². The normalized spacial score (nSPS) is 11.2. The van der Waals surface area contributed by atoms with Gasteiger partial charge < -0.3 is 15.8 Å². The molecule has 22 heavy (non-hydrogen) atoms. The number of halogens is 1. The van der Waals surface area contributed by atoms with Crippen LogP contribution in [0.15, 0.2) is 29.3 Å². The molecule has 0 bridgehead atoms. The summed E-state index contributed by atoms with van der Waals surface area (Å²) in [4.78, 5) is 4.26. The first-order valence-corrected chi connectivity index (χ1v) is 7.87. The van der Waals surface area contributed by atoms with Gasteiger partial charge in [-0.15, -0.1) is 24.0 Å². The van der Waals surface area contributed by atoms with Crippen LogP contribution in [0, 0.1) is 5.92 Å². The van der Waals surface area contributed by atoms with Gasteiger partial charge in [0, 0.05) is 13.1 Å². The lowest BCUT2D eigenvalue weighted by molar-refractivity contribution is 0.271. The lowest BCUT2D eigenvalue weighted by Crippen LogP contribution is -2.33. The predicted molar refractivity (Wildman–Crippen MR) is 105 cm³/mol. The van der Waals surface area contributed by atoms with Crippen LogP contribution in [0.25, 0.3) is 0 Å². The van der Waals surface area contributed by atoms with Crippen molar-refractivity contribution in [2.75, 3.05) is 19.7 Å². The molecule has 0 saturated heterocycles. The van der Waals surface area contributed by atoms with Crippen molar-refractivity contribution >= 4 is 29.9 Å². The molecule has 4 nitrogen and oxygen atoms in total. The fourth-order valence-corrected chi connectivity index (χ4v) is 1.76. The first-order chi connectivity index (χ1) is 10.1. The van der Waals surface area contributed by atoms with Crippen LogP contribution in [0.1, 0.15) is 39.2 Å². The minimum atomic E-state index is 0. The summed E-state index contributed by atoms with van der Waals surface area (Å²) in [6.45, 7) is 8.79. The summed E-state index contributed by atoms with van der Waals surface area (Å²) in [5, 5.41) is 3.14. The molecule has 0 radical (unpaired) electrons. The van der Waals surface area contributed by atoms with Gasteiger partial charge in [-0.1, -0.05) is 39.3 Å². The summed E-state index contributed by atoms with van der Waals surface area (Å²) >= 11 is 0. The summed E-state index contributed by atoms with van der Waals surface area (Å²) in [7, 11) is 0. The Kier molecular flexibility index (Phi) is 12.0. The Morgan fingerprint density at radius 3 is 2.55 bits per heavy atom. The number of benzene rings is 1. The highest BCUT2D eigenvalue weighted by atomic mass is 127. The van der Waals surface area contributed by atoms with E-state index in [1.165, 1.54) is 5.56 Å². The van der Waals surface area contributed by atoms with E-state index in [2.05, 4.69) is 43.2 Å². The van der Waals surface area contributed by atoms with Crippen molar-refractivity contribution < 1.29 is 4.74 Å². The third-order valence-corrected chi connectivity index (χ3v) is 3.02. The number of nitrogens with two attached hydrogens (primary N) is 1. The molecule has 0 saturated carbocycles. The van der Waals surface area contributed by atoms with Crippen molar-refractivity contribution in [3.8, 4) is 5.75 Å². The van der Waals surface area contributed by atoms with E-state index in [4.69, 9.17) is 10.5 Å². The fraction of sp³-hybridized carbons (Fsp3) is 0.588. The lowest BCUT2D eigenvalue weighted by atomic mass is 10.1. The highest BCUT2D eigenvalue weighted by Gasteiger charge is 1.98. The minimum absolute atomic E-state index is 0. The summed E-state index contributed by atoms with van der Waals surface area (Å²) in [5.41, 5.74) is 7.05. The maximum absolute atomic E-state index is 5.79. The second kappa shape index (κ2) is 12.6. The van der Waals surface area contributed by atoms with Gasteiger partial charge in [0.2, 0.25) is 0 Å². The quantitative estimate of drug-likeness (QED) is 0.278. The zero-order valence-electron chi connectivity index (χ0n) is 14.0. The molecule has 1 aromatic rings. The number of hydrogen-bond donors (Lipinski definition) is 2. The van der Waals surface area contributed by atoms with Gasteiger partial charge in [-0.3, -0.25) is 4.99 Å². The SMILES string of the molecule is CCCCN=C(N)NCCc1ccc(OCC(C)C)cc1.I. The molecule has 0 spiro atoms. The summed E-state index contributed by atoms with van der Waals surface area (Å²) in [5.74, 6) is 2.02. The van der Waals surface area contributed by atoms with E-state index in [0.29, 0.717) is 11.9 Å². The third kappa shape index (κ3) is 9.87. The zero-order valence-corrected chi connectivity index (χ0v) is 16.3. The van der Waals surface area contributed by atoms with Gasteiger partial charge in [0.15, 0.2) is 5.96 Å². The molecule has 0 aliphatic rings. The van der Waals surface area contributed by atoms with Crippen molar-refractivity contribution in [2.45, 2.75) is 40.0 Å². The van der Waals surface area contributed by atoms with Crippen LogP contribution in [0.3, 0.4) is 0 Å². The summed E-state index contributed by atoms with van der Waals surface area (Å²) in [6.07, 6.45) is 3.15. The third-order valence-electron chi connectivity index (χ3n) is 3.02. The Bertz CT molecular complexity index is 418. The molecule has 5 heteroatoms. The highest BCUT2D eigenvalue weighted by Crippen LogP contribution is 2.13. The molecule has 1 aromatic carbocycles. The predicted octanol–water partition coefficient (Wildman–Crippen LogP) is 3.59. The van der Waals surface area contributed by atoms with Crippen molar-refractivity contribution in [3.63, 3.8) is 0 Å². The van der Waals surface area contributed by atoms with E-state index in [1.54, 1.807) is 0 Å². The molecular formula is C17H30IN3O. The average Bonchev–Trinajstić information content (AvgIpc) is 2.46. The smallest absolute Gasteiger partial charge is 0.188 e. The maximum Gasteiger partial charge on any atom is 0.188 e. The summed E-state index contributed by atoms with van der Waals surface area (Å²) in [6, 6.07) is 8.25. The van der Waals surface area contributed by atoms with Crippen LogP contribution in [0.2, 0.25) is 0 Å². The number of nitrogens with one attached hydrogen (secondary N) is 1. The van der Waals surface area contributed by atoms with Gasteiger partial charge in [-0.05, 0) is 36.5 Å². The molecular weight excluding hydrogens is 389 g/mol. The van der Waals surface area contributed by atoms with E-state index in [1.807, 2.05) is 12.1 Å². The molecule has 0 unspecified atom stereocenters. The van der Waals surface area contributed by atoms with Crippen molar-refractivity contribution in [3.05, 3.63) is 29.8 Å². The van der Waals surface area contributed by atoms with Gasteiger partial charge in [0.05, 0.1) is 6.61 Å². The fourth-order valence-electron chi connectivity index (χ4n) is 1.76. The van der Waals surface area contributed by atoms with Gasteiger partial charge in [-0.25, -0.2) is 0 Å². The van der Waals surface area contributed by atoms with Crippen LogP contribution >= 0.6 is 24.0 Å². The molecule has 0 aliphatic carbocycles. The molecule has 126 valence electrons. The van der Waals surface area contributed by atoms with Gasteiger partial charge in [-0.2, -0.15) is 0 Å². The Labute approximate surface area is 151 Å². The first kappa shape index (κ1) is 21.0. The van der Waals surface area contributed by atoms with E-state index in [-0.39, 0.29) is 24.0 Å². The largest absolute Gasteiger partial charge is 0.493 e. The zero-order chi connectivity index (χ0) is 15.5. The van der Waals surface area contributed by atoms with Crippen LogP contribution in [0.4, 0.5) is 0 Å². The maximum atomic E-state index is 5.79. The first-order valence-electron chi connectivity index (χ1n) is 7.87. The van der Waals surface area contributed by atoms with Crippen molar-refractivity contribution in [1.29, 1.82) is 0 Å². The molecule has 0 fully saturated rings. The lowest BCUT2D eigenvalue weighted by Gasteiger charge is -2.09. The van der Waals surface area contributed by atoms with E-state index >= 15 is 0 Å². The number of guanidine groups is 1. The van der Waals surface area contributed by atoms with E-state index in [0.717, 1.165) is 44.7 Å². The Balaban J connectivity index is 0.00000441. The number of aliphatic imine (C=N–C) groups is 1. The Morgan fingerprint density at radius 1 is 1.27 bits per heavy atom. The second-order valence-corrected chi connectivity index (χ2v) is 5.65. The van der Waals surface area contributed by atoms with Crippen LogP contribution in [0.5, 0.6) is 5.75 Å². The number of nitrogens with zero attached hydrogens (tertiary/aromatic N) is 1. The molecule has 0 aromatic heterocycles. The minimum Gasteiger partial charge on any atom is -0.493 e. The molecule has 0 aliphatic heterocycles. The van der Waals surface area contributed by atoms with Crippen molar-refractivity contribution in [1.82, 2.24) is 5.32 Å². The number of ether oxygens (including phenoxy) is 1. The average molecular weight is 419 g/mol. The highest BCUT2D eigenvalue weighted by molar-refractivity contribution is 14.0. The Morgan fingerprint density at radius 2 is 1.95 bits per heavy atom. The number of rotatable bonds is 9. The van der Waals surface area contributed by atoms with Gasteiger partial charge in [0.25, 0.3) is 0 Å². The second-order valence-electron chi connectivity index (χ2n) is 5.65. The van der Waals surface area contributed by atoms with E-state index < -0.39 is 0 Å². The molecule has 0 amide bonds. The van der Waals surface area contributed by atoms with Crippen LogP contribution in [-0.2, 0) is 6.42 Å². The van der Waals surface area contributed by atoms with E-state index in [9.17, 15) is 0 Å². The van der Waals surface area contributed by atoms with Gasteiger partial charge in [0.1, 0.15) is 5.75 Å². The monoisotopic (exact) mass is 419 g/mol. The number of unbranched alkanes of at least 4 members (excludes halogenated alkanes) is 1. The topological polar surface area (TPSA) is 59.6 Å². The molecule has 1 rings (SSSR count). The number of hydrogen-bond acceptors (Lipinski definition) is 2.